The number of ether oxygens (including phenoxy) is 1. The summed E-state index contributed by atoms with van der Waals surface area (Å²) < 4.78 is 5.57. The Kier molecular flexibility index (Phi) is 7.18. The third kappa shape index (κ3) is 5.22. The third-order valence-corrected chi connectivity index (χ3v) is 3.56. The van der Waals surface area contributed by atoms with Gasteiger partial charge in [0.1, 0.15) is 5.75 Å². The first-order chi connectivity index (χ1) is 10.4. The molecule has 0 radical (unpaired) electrons. The van der Waals surface area contributed by atoms with E-state index in [9.17, 15) is 9.59 Å². The highest BCUT2D eigenvalue weighted by atomic mass is 35.5. The summed E-state index contributed by atoms with van der Waals surface area (Å²) in [6, 6.07) is 6.86. The minimum Gasteiger partial charge on any atom is -0.481 e. The van der Waals surface area contributed by atoms with Crippen molar-refractivity contribution in [3.8, 4) is 5.75 Å². The molecular weight excluding hydrogens is 304 g/mol. The van der Waals surface area contributed by atoms with Crippen LogP contribution >= 0.6 is 11.6 Å². The van der Waals surface area contributed by atoms with Gasteiger partial charge in [-0.1, -0.05) is 17.7 Å². The molecule has 122 valence electrons. The zero-order chi connectivity index (χ0) is 16.7. The van der Waals surface area contributed by atoms with Gasteiger partial charge >= 0.3 is 0 Å². The second kappa shape index (κ2) is 8.63. The van der Waals surface area contributed by atoms with Crippen molar-refractivity contribution in [2.24, 2.45) is 0 Å². The molecule has 0 bridgehead atoms. The van der Waals surface area contributed by atoms with Crippen molar-refractivity contribution in [1.82, 2.24) is 9.80 Å². The molecule has 0 aromatic heterocycles. The number of nitrogens with zero attached hydrogens (tertiary/aromatic N) is 2. The molecule has 0 aliphatic heterocycles. The summed E-state index contributed by atoms with van der Waals surface area (Å²) in [5.41, 5.74) is 0. The van der Waals surface area contributed by atoms with Crippen molar-refractivity contribution in [3.63, 3.8) is 0 Å². The molecular formula is C16H23ClN2O3. The minimum atomic E-state index is -0.687. The first-order valence-corrected chi connectivity index (χ1v) is 7.71. The fraction of sp³-hybridized carbons (Fsp3) is 0.500. The smallest absolute Gasteiger partial charge is 0.263 e. The van der Waals surface area contributed by atoms with Crippen molar-refractivity contribution in [3.05, 3.63) is 29.3 Å². The summed E-state index contributed by atoms with van der Waals surface area (Å²) in [4.78, 5) is 27.4. The lowest BCUT2D eigenvalue weighted by molar-refractivity contribution is -0.143. The molecule has 1 aromatic rings. The van der Waals surface area contributed by atoms with E-state index in [1.165, 1.54) is 4.90 Å². The van der Waals surface area contributed by atoms with Gasteiger partial charge in [-0.3, -0.25) is 9.59 Å². The first kappa shape index (κ1) is 18.3. The summed E-state index contributed by atoms with van der Waals surface area (Å²) in [5.74, 6) is 0.202. The number of amides is 2. The quantitative estimate of drug-likeness (QED) is 0.773. The molecule has 5 nitrogen and oxygen atoms in total. The predicted octanol–water partition coefficient (Wildman–Crippen LogP) is 2.43. The van der Waals surface area contributed by atoms with Crippen LogP contribution in [0.5, 0.6) is 5.75 Å². The standard InChI is InChI=1S/C16H23ClN2O3/c1-5-19(6-2)15(20)11-18(4)16(21)12(3)22-14-9-7-8-13(17)10-14/h7-10,12H,5-6,11H2,1-4H3. The lowest BCUT2D eigenvalue weighted by Crippen LogP contribution is -2.45. The number of rotatable bonds is 7. The Balaban J connectivity index is 2.60. The van der Waals surface area contributed by atoms with Gasteiger partial charge in [0.2, 0.25) is 5.91 Å². The number of hydrogen-bond acceptors (Lipinski definition) is 3. The molecule has 0 aliphatic rings. The van der Waals surface area contributed by atoms with Gasteiger partial charge in [-0.25, -0.2) is 0 Å². The highest BCUT2D eigenvalue weighted by Gasteiger charge is 2.22. The van der Waals surface area contributed by atoms with E-state index in [2.05, 4.69) is 0 Å². The van der Waals surface area contributed by atoms with Crippen LogP contribution < -0.4 is 4.74 Å². The Bertz CT molecular complexity index is 518. The average molecular weight is 327 g/mol. The molecule has 22 heavy (non-hydrogen) atoms. The van der Waals surface area contributed by atoms with Gasteiger partial charge in [0.15, 0.2) is 6.10 Å². The van der Waals surface area contributed by atoms with Crippen molar-refractivity contribution in [2.45, 2.75) is 26.9 Å². The number of hydrogen-bond donors (Lipinski definition) is 0. The Hall–Kier alpha value is -1.75. The lowest BCUT2D eigenvalue weighted by Gasteiger charge is -2.25. The molecule has 0 N–H and O–H groups in total. The summed E-state index contributed by atoms with van der Waals surface area (Å²) >= 11 is 5.88. The molecule has 2 amide bonds. The van der Waals surface area contributed by atoms with Crippen LogP contribution in [0.2, 0.25) is 5.02 Å². The molecule has 0 saturated heterocycles. The van der Waals surface area contributed by atoms with E-state index < -0.39 is 6.10 Å². The van der Waals surface area contributed by atoms with Crippen LogP contribution in [-0.2, 0) is 9.59 Å². The molecule has 0 heterocycles. The fourth-order valence-electron chi connectivity index (χ4n) is 2.06. The van der Waals surface area contributed by atoms with Crippen molar-refractivity contribution >= 4 is 23.4 Å². The Morgan fingerprint density at radius 2 is 1.91 bits per heavy atom. The van der Waals surface area contributed by atoms with Crippen LogP contribution in [0.15, 0.2) is 24.3 Å². The van der Waals surface area contributed by atoms with E-state index in [1.807, 2.05) is 13.8 Å². The molecule has 6 heteroatoms. The van der Waals surface area contributed by atoms with E-state index in [0.29, 0.717) is 23.9 Å². The van der Waals surface area contributed by atoms with Crippen LogP contribution in [-0.4, -0.2) is 54.4 Å². The zero-order valence-corrected chi connectivity index (χ0v) is 14.3. The van der Waals surface area contributed by atoms with Gasteiger partial charge in [0.05, 0.1) is 6.54 Å². The molecule has 0 fully saturated rings. The van der Waals surface area contributed by atoms with E-state index >= 15 is 0 Å². The number of benzene rings is 1. The monoisotopic (exact) mass is 326 g/mol. The summed E-state index contributed by atoms with van der Waals surface area (Å²) in [6.07, 6.45) is -0.687. The summed E-state index contributed by atoms with van der Waals surface area (Å²) in [6.45, 7) is 6.78. The highest BCUT2D eigenvalue weighted by molar-refractivity contribution is 6.30. The number of carbonyl (C=O) groups excluding carboxylic acids is 2. The van der Waals surface area contributed by atoms with E-state index in [4.69, 9.17) is 16.3 Å². The molecule has 1 aromatic carbocycles. The first-order valence-electron chi connectivity index (χ1n) is 7.34. The molecule has 1 rings (SSSR count). The number of carbonyl (C=O) groups is 2. The van der Waals surface area contributed by atoms with Crippen LogP contribution in [0.4, 0.5) is 0 Å². The van der Waals surface area contributed by atoms with Crippen LogP contribution in [0, 0.1) is 0 Å². The maximum atomic E-state index is 12.3. The maximum Gasteiger partial charge on any atom is 0.263 e. The largest absolute Gasteiger partial charge is 0.481 e. The van der Waals surface area contributed by atoms with Gasteiger partial charge in [0, 0.05) is 25.2 Å². The van der Waals surface area contributed by atoms with Gasteiger partial charge in [-0.15, -0.1) is 0 Å². The van der Waals surface area contributed by atoms with Crippen LogP contribution in [0.3, 0.4) is 0 Å². The Morgan fingerprint density at radius 3 is 2.45 bits per heavy atom. The van der Waals surface area contributed by atoms with Crippen molar-refractivity contribution < 1.29 is 14.3 Å². The van der Waals surface area contributed by atoms with E-state index in [-0.39, 0.29) is 18.4 Å². The molecule has 1 unspecified atom stereocenters. The van der Waals surface area contributed by atoms with Crippen LogP contribution in [0.1, 0.15) is 20.8 Å². The number of likely N-dealkylation sites (N-methyl/N-ethyl adjacent to an activating group) is 2. The Labute approximate surface area is 136 Å². The van der Waals surface area contributed by atoms with Crippen molar-refractivity contribution in [1.29, 1.82) is 0 Å². The Morgan fingerprint density at radius 1 is 1.27 bits per heavy atom. The van der Waals surface area contributed by atoms with Crippen LogP contribution in [0.25, 0.3) is 0 Å². The van der Waals surface area contributed by atoms with Gasteiger partial charge in [-0.05, 0) is 39.0 Å². The fourth-order valence-corrected chi connectivity index (χ4v) is 2.24. The molecule has 0 spiro atoms. The topological polar surface area (TPSA) is 49.9 Å². The highest BCUT2D eigenvalue weighted by Crippen LogP contribution is 2.18. The normalized spacial score (nSPS) is 11.7. The third-order valence-electron chi connectivity index (χ3n) is 3.32. The van der Waals surface area contributed by atoms with Gasteiger partial charge < -0.3 is 14.5 Å². The van der Waals surface area contributed by atoms with E-state index in [1.54, 1.807) is 43.1 Å². The van der Waals surface area contributed by atoms with E-state index in [0.717, 1.165) is 0 Å². The predicted molar refractivity (Wildman–Crippen MR) is 87.1 cm³/mol. The molecule has 0 aliphatic carbocycles. The SMILES string of the molecule is CCN(CC)C(=O)CN(C)C(=O)C(C)Oc1cccc(Cl)c1. The summed E-state index contributed by atoms with van der Waals surface area (Å²) in [5, 5.41) is 0.544. The van der Waals surface area contributed by atoms with Gasteiger partial charge in [0.25, 0.3) is 5.91 Å². The number of halogens is 1. The molecule has 1 atom stereocenters. The lowest BCUT2D eigenvalue weighted by atomic mass is 10.3. The molecule has 0 saturated carbocycles. The summed E-state index contributed by atoms with van der Waals surface area (Å²) in [7, 11) is 1.60. The second-order valence-electron chi connectivity index (χ2n) is 4.98. The van der Waals surface area contributed by atoms with Crippen molar-refractivity contribution in [2.75, 3.05) is 26.7 Å². The maximum absolute atomic E-state index is 12.3. The van der Waals surface area contributed by atoms with Gasteiger partial charge in [-0.2, -0.15) is 0 Å². The minimum absolute atomic E-state index is 0.0454. The average Bonchev–Trinajstić information content (AvgIpc) is 2.47. The zero-order valence-electron chi connectivity index (χ0n) is 13.5. The second-order valence-corrected chi connectivity index (χ2v) is 5.41.